The average Bonchev–Trinajstić information content (AvgIpc) is 2.01. The van der Waals surface area contributed by atoms with Crippen LogP contribution < -0.4 is 16.8 Å². The first-order chi connectivity index (χ1) is 6.61. The summed E-state index contributed by atoms with van der Waals surface area (Å²) in [5.41, 5.74) is 10.9. The summed E-state index contributed by atoms with van der Waals surface area (Å²) < 4.78 is 4.97. The zero-order valence-electron chi connectivity index (χ0n) is 8.32. The monoisotopic (exact) mass is 197 g/mol. The van der Waals surface area contributed by atoms with Crippen molar-refractivity contribution in [3.8, 4) is 0 Å². The molecule has 1 atom stereocenters. The topological polar surface area (TPSA) is 99.1 Å². The Hall–Kier alpha value is -1.56. The summed E-state index contributed by atoms with van der Waals surface area (Å²) in [6.45, 7) is 2.56. The quantitative estimate of drug-likeness (QED) is 0.632. The Morgan fingerprint density at radius 3 is 2.79 bits per heavy atom. The molecule has 1 aromatic heterocycles. The van der Waals surface area contributed by atoms with Gasteiger partial charge in [0.05, 0.1) is 6.61 Å². The van der Waals surface area contributed by atoms with Crippen molar-refractivity contribution in [2.45, 2.75) is 13.0 Å². The fraction of sp³-hybridized carbons (Fsp3) is 0.500. The molecule has 0 saturated carbocycles. The molecule has 0 aliphatic rings. The Morgan fingerprint density at radius 1 is 1.50 bits per heavy atom. The fourth-order valence-corrected chi connectivity index (χ4v) is 1.10. The van der Waals surface area contributed by atoms with E-state index >= 15 is 0 Å². The van der Waals surface area contributed by atoms with E-state index in [4.69, 9.17) is 16.2 Å². The standard InChI is InChI=1S/C8H15N5O/c1-5(4-14-2)11-7-3-6(9)12-8(10)13-7/h3,5H,4H2,1-2H3,(H5,9,10,11,12,13). The Bertz CT molecular complexity index is 284. The van der Waals surface area contributed by atoms with Crippen LogP contribution in [-0.4, -0.2) is 29.7 Å². The van der Waals surface area contributed by atoms with Gasteiger partial charge in [-0.05, 0) is 6.92 Å². The third kappa shape index (κ3) is 3.06. The van der Waals surface area contributed by atoms with Gasteiger partial charge >= 0.3 is 0 Å². The molecule has 1 heterocycles. The first-order valence-electron chi connectivity index (χ1n) is 4.27. The maximum Gasteiger partial charge on any atom is 0.223 e. The van der Waals surface area contributed by atoms with Crippen LogP contribution in [0.25, 0.3) is 0 Å². The predicted octanol–water partition coefficient (Wildman–Crippen LogP) is 0.0878. The van der Waals surface area contributed by atoms with Gasteiger partial charge in [0.1, 0.15) is 11.6 Å². The highest BCUT2D eigenvalue weighted by atomic mass is 16.5. The number of methoxy groups -OCH3 is 1. The van der Waals surface area contributed by atoms with Gasteiger partial charge in [-0.2, -0.15) is 9.97 Å². The van der Waals surface area contributed by atoms with Crippen LogP contribution in [0.15, 0.2) is 6.07 Å². The van der Waals surface area contributed by atoms with Crippen LogP contribution in [0, 0.1) is 0 Å². The van der Waals surface area contributed by atoms with Gasteiger partial charge in [0.2, 0.25) is 5.95 Å². The summed E-state index contributed by atoms with van der Waals surface area (Å²) in [6, 6.07) is 1.77. The van der Waals surface area contributed by atoms with Gasteiger partial charge in [-0.1, -0.05) is 0 Å². The van der Waals surface area contributed by atoms with Crippen molar-refractivity contribution in [3.63, 3.8) is 0 Å². The van der Waals surface area contributed by atoms with Gasteiger partial charge < -0.3 is 21.5 Å². The fourth-order valence-electron chi connectivity index (χ4n) is 1.10. The molecule has 5 N–H and O–H groups in total. The summed E-state index contributed by atoms with van der Waals surface area (Å²) in [5, 5.41) is 3.09. The van der Waals surface area contributed by atoms with Crippen molar-refractivity contribution in [2.75, 3.05) is 30.5 Å². The highest BCUT2D eigenvalue weighted by molar-refractivity contribution is 5.48. The van der Waals surface area contributed by atoms with Gasteiger partial charge in [-0.3, -0.25) is 0 Å². The predicted molar refractivity (Wildman–Crippen MR) is 55.8 cm³/mol. The van der Waals surface area contributed by atoms with Crippen LogP contribution in [-0.2, 0) is 4.74 Å². The zero-order chi connectivity index (χ0) is 10.6. The van der Waals surface area contributed by atoms with Gasteiger partial charge in [-0.25, -0.2) is 0 Å². The maximum absolute atomic E-state index is 5.51. The Morgan fingerprint density at radius 2 is 2.21 bits per heavy atom. The number of nitrogens with two attached hydrogens (primary N) is 2. The highest BCUT2D eigenvalue weighted by Crippen LogP contribution is 2.10. The molecule has 0 radical (unpaired) electrons. The number of hydrogen-bond acceptors (Lipinski definition) is 6. The van der Waals surface area contributed by atoms with Gasteiger partial charge in [0.15, 0.2) is 0 Å². The molecule has 6 heteroatoms. The molecule has 14 heavy (non-hydrogen) atoms. The molecule has 78 valence electrons. The second-order valence-corrected chi connectivity index (χ2v) is 3.04. The molecular weight excluding hydrogens is 182 g/mol. The molecule has 1 aromatic rings. The van der Waals surface area contributed by atoms with Gasteiger partial charge in [0, 0.05) is 19.2 Å². The lowest BCUT2D eigenvalue weighted by Crippen LogP contribution is -2.21. The molecule has 0 bridgehead atoms. The SMILES string of the molecule is COCC(C)Nc1cc(N)nc(N)n1. The molecule has 0 aliphatic heterocycles. The average molecular weight is 197 g/mol. The summed E-state index contributed by atoms with van der Waals surface area (Å²) in [7, 11) is 1.64. The number of aromatic nitrogens is 2. The minimum absolute atomic E-state index is 0.147. The molecule has 0 amide bonds. The molecule has 0 fully saturated rings. The number of anilines is 3. The number of nitrogens with one attached hydrogen (secondary N) is 1. The molecule has 0 spiro atoms. The third-order valence-corrected chi connectivity index (χ3v) is 1.57. The Kier molecular flexibility index (Phi) is 3.47. The van der Waals surface area contributed by atoms with Crippen LogP contribution >= 0.6 is 0 Å². The lowest BCUT2D eigenvalue weighted by atomic mass is 10.3. The summed E-state index contributed by atoms with van der Waals surface area (Å²) in [4.78, 5) is 7.74. The smallest absolute Gasteiger partial charge is 0.223 e. The third-order valence-electron chi connectivity index (χ3n) is 1.57. The summed E-state index contributed by atoms with van der Waals surface area (Å²) in [5.74, 6) is 1.13. The Balaban J connectivity index is 2.66. The zero-order valence-corrected chi connectivity index (χ0v) is 8.32. The molecule has 1 unspecified atom stereocenters. The molecule has 0 aliphatic carbocycles. The second kappa shape index (κ2) is 4.61. The maximum atomic E-state index is 5.51. The van der Waals surface area contributed by atoms with E-state index in [0.29, 0.717) is 18.2 Å². The number of hydrogen-bond donors (Lipinski definition) is 3. The summed E-state index contributed by atoms with van der Waals surface area (Å²) >= 11 is 0. The highest BCUT2D eigenvalue weighted by Gasteiger charge is 2.04. The molecule has 1 rings (SSSR count). The van der Waals surface area contributed by atoms with Crippen molar-refractivity contribution in [2.24, 2.45) is 0 Å². The van der Waals surface area contributed by atoms with Crippen molar-refractivity contribution in [1.82, 2.24) is 9.97 Å². The lowest BCUT2D eigenvalue weighted by Gasteiger charge is -2.13. The van der Waals surface area contributed by atoms with Crippen LogP contribution in [0.5, 0.6) is 0 Å². The largest absolute Gasteiger partial charge is 0.383 e. The minimum Gasteiger partial charge on any atom is -0.383 e. The second-order valence-electron chi connectivity index (χ2n) is 3.04. The normalized spacial score (nSPS) is 12.4. The summed E-state index contributed by atoms with van der Waals surface area (Å²) in [6.07, 6.45) is 0. The lowest BCUT2D eigenvalue weighted by molar-refractivity contribution is 0.190. The first kappa shape index (κ1) is 10.5. The number of ether oxygens (including phenoxy) is 1. The van der Waals surface area contributed by atoms with E-state index in [0.717, 1.165) is 0 Å². The minimum atomic E-state index is 0.147. The van der Waals surface area contributed by atoms with Crippen LogP contribution in [0.3, 0.4) is 0 Å². The van der Waals surface area contributed by atoms with Crippen molar-refractivity contribution in [3.05, 3.63) is 6.07 Å². The molecule has 0 saturated heterocycles. The van der Waals surface area contributed by atoms with Crippen molar-refractivity contribution >= 4 is 17.6 Å². The van der Waals surface area contributed by atoms with E-state index in [-0.39, 0.29) is 12.0 Å². The van der Waals surface area contributed by atoms with E-state index in [2.05, 4.69) is 15.3 Å². The molecule has 0 aromatic carbocycles. The number of rotatable bonds is 4. The van der Waals surface area contributed by atoms with Crippen LogP contribution in [0.4, 0.5) is 17.6 Å². The molecule has 6 nitrogen and oxygen atoms in total. The number of nitrogens with zero attached hydrogens (tertiary/aromatic N) is 2. The number of nitrogen functional groups attached to an aromatic ring is 2. The van der Waals surface area contributed by atoms with E-state index in [9.17, 15) is 0 Å². The van der Waals surface area contributed by atoms with E-state index < -0.39 is 0 Å². The first-order valence-corrected chi connectivity index (χ1v) is 4.27. The van der Waals surface area contributed by atoms with E-state index in [1.54, 1.807) is 13.2 Å². The van der Waals surface area contributed by atoms with Gasteiger partial charge in [-0.15, -0.1) is 0 Å². The van der Waals surface area contributed by atoms with Gasteiger partial charge in [0.25, 0.3) is 0 Å². The van der Waals surface area contributed by atoms with E-state index in [1.165, 1.54) is 0 Å². The van der Waals surface area contributed by atoms with Crippen LogP contribution in [0.1, 0.15) is 6.92 Å². The van der Waals surface area contributed by atoms with E-state index in [1.807, 2.05) is 6.92 Å². The van der Waals surface area contributed by atoms with Crippen molar-refractivity contribution in [1.29, 1.82) is 0 Å². The van der Waals surface area contributed by atoms with Crippen molar-refractivity contribution < 1.29 is 4.74 Å². The Labute approximate surface area is 82.7 Å². The van der Waals surface area contributed by atoms with Crippen LogP contribution in [0.2, 0.25) is 0 Å². The molecular formula is C8H15N5O.